The van der Waals surface area contributed by atoms with Crippen molar-refractivity contribution in [2.75, 3.05) is 6.61 Å². The number of carbonyl (C=O) groups is 1. The predicted molar refractivity (Wildman–Crippen MR) is 113 cm³/mol. The number of nitrogens with one attached hydrogen (secondary N) is 1. The van der Waals surface area contributed by atoms with Gasteiger partial charge in [-0.1, -0.05) is 67.9 Å². The first-order valence-electron chi connectivity index (χ1n) is 9.78. The lowest BCUT2D eigenvalue weighted by molar-refractivity contribution is 0.0911. The average molecular weight is 391 g/mol. The number of hydrogen-bond donors (Lipinski definition) is 1. The van der Waals surface area contributed by atoms with Gasteiger partial charge in [-0.15, -0.1) is 0 Å². The molecule has 1 N–H and O–H groups in total. The molecule has 0 aliphatic heterocycles. The van der Waals surface area contributed by atoms with Gasteiger partial charge < -0.3 is 14.5 Å². The molecule has 0 radical (unpaired) electrons. The standard InChI is InChI=1S/C24H25NO4/c1-3-4-14-28-22-21(26)15-17(2)29-23(22)24(27)25-16-18-10-12-20(13-11-18)19-8-6-5-7-9-19/h5-13,15H,3-4,14,16H2,1-2H3,(H,25,27). The second-order valence-corrected chi connectivity index (χ2v) is 6.83. The van der Waals surface area contributed by atoms with E-state index in [4.69, 9.17) is 9.15 Å². The number of amides is 1. The normalized spacial score (nSPS) is 10.6. The molecule has 5 heteroatoms. The van der Waals surface area contributed by atoms with E-state index >= 15 is 0 Å². The first-order chi connectivity index (χ1) is 14.1. The number of unbranched alkanes of at least 4 members (excludes halogenated alkanes) is 1. The van der Waals surface area contributed by atoms with E-state index in [1.54, 1.807) is 6.92 Å². The third kappa shape index (κ3) is 5.35. The van der Waals surface area contributed by atoms with Crippen LogP contribution in [0.15, 0.2) is 69.9 Å². The molecule has 5 nitrogen and oxygen atoms in total. The quantitative estimate of drug-likeness (QED) is 0.564. The Labute approximate surface area is 170 Å². The van der Waals surface area contributed by atoms with Gasteiger partial charge in [0.05, 0.1) is 6.61 Å². The molecular weight excluding hydrogens is 366 g/mol. The van der Waals surface area contributed by atoms with Crippen LogP contribution in [0, 0.1) is 6.92 Å². The molecule has 0 unspecified atom stereocenters. The van der Waals surface area contributed by atoms with Gasteiger partial charge in [-0.25, -0.2) is 0 Å². The molecule has 0 saturated carbocycles. The van der Waals surface area contributed by atoms with Crippen molar-refractivity contribution in [3.63, 3.8) is 0 Å². The highest BCUT2D eigenvalue weighted by atomic mass is 16.5. The monoisotopic (exact) mass is 391 g/mol. The van der Waals surface area contributed by atoms with Gasteiger partial charge in [0, 0.05) is 12.6 Å². The molecule has 0 aliphatic rings. The fraction of sp³-hybridized carbons (Fsp3) is 0.250. The summed E-state index contributed by atoms with van der Waals surface area (Å²) in [6.07, 6.45) is 1.72. The van der Waals surface area contributed by atoms with E-state index in [1.807, 2.05) is 49.4 Å². The van der Waals surface area contributed by atoms with E-state index in [2.05, 4.69) is 17.4 Å². The van der Waals surface area contributed by atoms with Crippen molar-refractivity contribution in [2.24, 2.45) is 0 Å². The van der Waals surface area contributed by atoms with Crippen LogP contribution in [0.2, 0.25) is 0 Å². The summed E-state index contributed by atoms with van der Waals surface area (Å²) in [6, 6.07) is 19.4. The lowest BCUT2D eigenvalue weighted by Crippen LogP contribution is -2.25. The van der Waals surface area contributed by atoms with Crippen LogP contribution in [-0.2, 0) is 6.54 Å². The van der Waals surface area contributed by atoms with Gasteiger partial charge in [0.2, 0.25) is 16.9 Å². The van der Waals surface area contributed by atoms with Crippen LogP contribution < -0.4 is 15.5 Å². The minimum Gasteiger partial charge on any atom is -0.486 e. The van der Waals surface area contributed by atoms with Crippen LogP contribution in [0.25, 0.3) is 11.1 Å². The zero-order valence-electron chi connectivity index (χ0n) is 16.7. The average Bonchev–Trinajstić information content (AvgIpc) is 2.74. The molecule has 0 spiro atoms. The van der Waals surface area contributed by atoms with Crippen molar-refractivity contribution in [3.05, 3.63) is 88.0 Å². The third-order valence-electron chi connectivity index (χ3n) is 4.49. The Balaban J connectivity index is 1.70. The van der Waals surface area contributed by atoms with E-state index in [9.17, 15) is 9.59 Å². The Morgan fingerprint density at radius 2 is 1.72 bits per heavy atom. The number of benzene rings is 2. The molecule has 150 valence electrons. The summed E-state index contributed by atoms with van der Waals surface area (Å²) in [5.41, 5.74) is 2.85. The van der Waals surface area contributed by atoms with E-state index in [-0.39, 0.29) is 16.9 Å². The molecule has 0 atom stereocenters. The fourth-order valence-corrected chi connectivity index (χ4v) is 2.91. The Morgan fingerprint density at radius 3 is 2.41 bits per heavy atom. The highest BCUT2D eigenvalue weighted by molar-refractivity contribution is 5.93. The molecule has 1 heterocycles. The number of hydrogen-bond acceptors (Lipinski definition) is 4. The topological polar surface area (TPSA) is 68.5 Å². The second-order valence-electron chi connectivity index (χ2n) is 6.83. The maximum Gasteiger partial charge on any atom is 0.291 e. The van der Waals surface area contributed by atoms with E-state index < -0.39 is 5.91 Å². The number of carbonyl (C=O) groups excluding carboxylic acids is 1. The maximum atomic E-state index is 12.6. The summed E-state index contributed by atoms with van der Waals surface area (Å²) in [5, 5.41) is 2.81. The highest BCUT2D eigenvalue weighted by Crippen LogP contribution is 2.20. The molecule has 1 aromatic heterocycles. The van der Waals surface area contributed by atoms with Gasteiger partial charge in [0.25, 0.3) is 5.91 Å². The lowest BCUT2D eigenvalue weighted by atomic mass is 10.0. The van der Waals surface area contributed by atoms with Gasteiger partial charge in [0.1, 0.15) is 5.76 Å². The van der Waals surface area contributed by atoms with Crippen molar-refractivity contribution in [2.45, 2.75) is 33.2 Å². The summed E-state index contributed by atoms with van der Waals surface area (Å²) >= 11 is 0. The van der Waals surface area contributed by atoms with Crippen LogP contribution in [0.5, 0.6) is 5.75 Å². The minimum atomic E-state index is -0.468. The molecule has 0 saturated heterocycles. The van der Waals surface area contributed by atoms with Crippen molar-refractivity contribution in [3.8, 4) is 16.9 Å². The SMILES string of the molecule is CCCCOc1c(C(=O)NCc2ccc(-c3ccccc3)cc2)oc(C)cc1=O. The van der Waals surface area contributed by atoms with Crippen molar-refractivity contribution in [1.82, 2.24) is 5.32 Å². The molecular formula is C24H25NO4. The fourth-order valence-electron chi connectivity index (χ4n) is 2.91. The van der Waals surface area contributed by atoms with E-state index in [0.717, 1.165) is 29.5 Å². The summed E-state index contributed by atoms with van der Waals surface area (Å²) in [4.78, 5) is 24.9. The Bertz CT molecular complexity index is 1010. The van der Waals surface area contributed by atoms with Gasteiger partial charge in [-0.05, 0) is 30.0 Å². The first kappa shape index (κ1) is 20.4. The number of rotatable bonds is 8. The molecule has 0 fully saturated rings. The third-order valence-corrected chi connectivity index (χ3v) is 4.49. The Hall–Kier alpha value is -3.34. The molecule has 3 rings (SSSR count). The van der Waals surface area contributed by atoms with Crippen LogP contribution in [-0.4, -0.2) is 12.5 Å². The van der Waals surface area contributed by atoms with Crippen LogP contribution in [0.1, 0.15) is 41.6 Å². The summed E-state index contributed by atoms with van der Waals surface area (Å²) < 4.78 is 11.0. The van der Waals surface area contributed by atoms with Gasteiger partial charge in [-0.2, -0.15) is 0 Å². The molecule has 0 aliphatic carbocycles. The van der Waals surface area contributed by atoms with Gasteiger partial charge >= 0.3 is 0 Å². The smallest absolute Gasteiger partial charge is 0.291 e. The molecule has 1 amide bonds. The van der Waals surface area contributed by atoms with Crippen LogP contribution in [0.3, 0.4) is 0 Å². The number of ether oxygens (including phenoxy) is 1. The molecule has 3 aromatic rings. The van der Waals surface area contributed by atoms with Crippen molar-refractivity contribution in [1.29, 1.82) is 0 Å². The zero-order valence-corrected chi connectivity index (χ0v) is 16.7. The largest absolute Gasteiger partial charge is 0.486 e. The maximum absolute atomic E-state index is 12.6. The summed E-state index contributed by atoms with van der Waals surface area (Å²) in [5.74, 6) is -0.201. The summed E-state index contributed by atoms with van der Waals surface area (Å²) in [6.45, 7) is 4.35. The van der Waals surface area contributed by atoms with E-state index in [0.29, 0.717) is 18.9 Å². The second kappa shape index (κ2) is 9.73. The Kier molecular flexibility index (Phi) is 6.85. The van der Waals surface area contributed by atoms with Crippen LogP contribution >= 0.6 is 0 Å². The molecule has 2 aromatic carbocycles. The van der Waals surface area contributed by atoms with Gasteiger partial charge in [0.15, 0.2) is 0 Å². The van der Waals surface area contributed by atoms with Crippen LogP contribution in [0.4, 0.5) is 0 Å². The zero-order chi connectivity index (χ0) is 20.6. The molecule has 0 bridgehead atoms. The molecule has 29 heavy (non-hydrogen) atoms. The Morgan fingerprint density at radius 1 is 1.03 bits per heavy atom. The van der Waals surface area contributed by atoms with Crippen molar-refractivity contribution < 1.29 is 13.9 Å². The first-order valence-corrected chi connectivity index (χ1v) is 9.78. The van der Waals surface area contributed by atoms with Crippen molar-refractivity contribution >= 4 is 5.91 Å². The van der Waals surface area contributed by atoms with Gasteiger partial charge in [-0.3, -0.25) is 9.59 Å². The van der Waals surface area contributed by atoms with E-state index in [1.165, 1.54) is 6.07 Å². The lowest BCUT2D eigenvalue weighted by Gasteiger charge is -2.11. The number of aryl methyl sites for hydroxylation is 1. The highest BCUT2D eigenvalue weighted by Gasteiger charge is 2.20. The summed E-state index contributed by atoms with van der Waals surface area (Å²) in [7, 11) is 0. The minimum absolute atomic E-state index is 0.0269. The predicted octanol–water partition coefficient (Wildman–Crippen LogP) is 4.72.